The Hall–Kier alpha value is -0.570. The first kappa shape index (κ1) is 13.4. The molecule has 0 amide bonds. The van der Waals surface area contributed by atoms with E-state index in [4.69, 9.17) is 9.78 Å². The molecule has 0 saturated heterocycles. The van der Waals surface area contributed by atoms with Gasteiger partial charge < -0.3 is 0 Å². The molecule has 3 nitrogen and oxygen atoms in total. The monoisotopic (exact) mass is 202 g/mol. The van der Waals surface area contributed by atoms with Crippen LogP contribution in [0.4, 0.5) is 0 Å². The highest BCUT2D eigenvalue weighted by Crippen LogP contribution is 2.27. The van der Waals surface area contributed by atoms with Crippen LogP contribution in [0.15, 0.2) is 0 Å². The topological polar surface area (TPSA) is 35.5 Å². The lowest BCUT2D eigenvalue weighted by Gasteiger charge is -2.25. The van der Waals surface area contributed by atoms with Crippen molar-refractivity contribution in [2.45, 2.75) is 60.0 Å². The molecule has 0 unspecified atom stereocenters. The van der Waals surface area contributed by atoms with Gasteiger partial charge in [-0.3, -0.25) is 4.89 Å². The van der Waals surface area contributed by atoms with Crippen molar-refractivity contribution in [3.63, 3.8) is 0 Å². The van der Waals surface area contributed by atoms with Crippen LogP contribution in [0.3, 0.4) is 0 Å². The molecule has 0 rings (SSSR count). The summed E-state index contributed by atoms with van der Waals surface area (Å²) in [5.41, 5.74) is -0.872. The van der Waals surface area contributed by atoms with Gasteiger partial charge in [0.2, 0.25) is 0 Å². The molecule has 0 saturated carbocycles. The Morgan fingerprint density at radius 2 is 1.50 bits per heavy atom. The fourth-order valence-electron chi connectivity index (χ4n) is 0.802. The zero-order chi connectivity index (χ0) is 11.4. The van der Waals surface area contributed by atoms with Gasteiger partial charge in [0.25, 0.3) is 0 Å². The van der Waals surface area contributed by atoms with Gasteiger partial charge in [0.1, 0.15) is 5.60 Å². The van der Waals surface area contributed by atoms with Crippen molar-refractivity contribution >= 4 is 5.97 Å². The Labute approximate surface area is 86.7 Å². The number of rotatable bonds is 4. The van der Waals surface area contributed by atoms with Crippen LogP contribution in [0, 0.1) is 5.41 Å². The summed E-state index contributed by atoms with van der Waals surface area (Å²) >= 11 is 0. The minimum atomic E-state index is -0.446. The molecule has 0 aliphatic carbocycles. The third-order valence-corrected chi connectivity index (χ3v) is 2.42. The van der Waals surface area contributed by atoms with Crippen molar-refractivity contribution in [2.24, 2.45) is 5.41 Å². The van der Waals surface area contributed by atoms with Crippen LogP contribution in [0.5, 0.6) is 0 Å². The first-order valence-electron chi connectivity index (χ1n) is 5.15. The Balaban J connectivity index is 4.20. The molecule has 0 fully saturated rings. The first-order valence-corrected chi connectivity index (χ1v) is 5.15. The summed E-state index contributed by atoms with van der Waals surface area (Å²) in [7, 11) is 0. The standard InChI is InChI=1S/C11H22O3/c1-7-11(6,8-2)9(12)13-14-10(3,4)5/h7-8H2,1-6H3. The molecule has 3 heteroatoms. The van der Waals surface area contributed by atoms with E-state index in [9.17, 15) is 4.79 Å². The number of hydrogen-bond donors (Lipinski definition) is 0. The maximum Gasteiger partial charge on any atom is 0.348 e. The third kappa shape index (κ3) is 4.09. The van der Waals surface area contributed by atoms with E-state index in [2.05, 4.69) is 0 Å². The fourth-order valence-corrected chi connectivity index (χ4v) is 0.802. The summed E-state index contributed by atoms with van der Waals surface area (Å²) in [6.45, 7) is 11.4. The summed E-state index contributed by atoms with van der Waals surface area (Å²) in [5, 5.41) is 0. The first-order chi connectivity index (χ1) is 6.25. The maximum absolute atomic E-state index is 11.6. The van der Waals surface area contributed by atoms with E-state index in [-0.39, 0.29) is 5.97 Å². The van der Waals surface area contributed by atoms with Gasteiger partial charge in [-0.25, -0.2) is 4.79 Å². The number of carbonyl (C=O) groups is 1. The summed E-state index contributed by atoms with van der Waals surface area (Å²) in [4.78, 5) is 21.4. The van der Waals surface area contributed by atoms with Crippen molar-refractivity contribution in [1.82, 2.24) is 0 Å². The van der Waals surface area contributed by atoms with Gasteiger partial charge in [-0.05, 0) is 40.5 Å². The lowest BCUT2D eigenvalue weighted by Crippen LogP contribution is -2.31. The van der Waals surface area contributed by atoms with E-state index in [0.717, 1.165) is 12.8 Å². The van der Waals surface area contributed by atoms with E-state index in [1.165, 1.54) is 0 Å². The van der Waals surface area contributed by atoms with E-state index < -0.39 is 11.0 Å². The van der Waals surface area contributed by atoms with Crippen LogP contribution >= 0.6 is 0 Å². The van der Waals surface area contributed by atoms with Gasteiger partial charge in [-0.15, -0.1) is 0 Å². The smallest absolute Gasteiger partial charge is 0.297 e. The zero-order valence-electron chi connectivity index (χ0n) is 10.1. The Bertz CT molecular complexity index is 187. The second-order valence-electron chi connectivity index (χ2n) is 4.83. The number of hydrogen-bond acceptors (Lipinski definition) is 3. The summed E-state index contributed by atoms with van der Waals surface area (Å²) in [6.07, 6.45) is 1.52. The average molecular weight is 202 g/mol. The molecule has 0 radical (unpaired) electrons. The molecular weight excluding hydrogens is 180 g/mol. The molecule has 0 heterocycles. The normalized spacial score (nSPS) is 12.7. The van der Waals surface area contributed by atoms with Crippen LogP contribution < -0.4 is 0 Å². The van der Waals surface area contributed by atoms with Crippen LogP contribution in [-0.4, -0.2) is 11.6 Å². The number of carbonyl (C=O) groups excluding carboxylic acids is 1. The molecule has 84 valence electrons. The second kappa shape index (κ2) is 4.78. The predicted molar refractivity (Wildman–Crippen MR) is 55.6 cm³/mol. The highest BCUT2D eigenvalue weighted by Gasteiger charge is 2.33. The van der Waals surface area contributed by atoms with E-state index in [0.29, 0.717) is 0 Å². The molecule has 0 spiro atoms. The molecule has 0 bridgehead atoms. The second-order valence-corrected chi connectivity index (χ2v) is 4.83. The zero-order valence-corrected chi connectivity index (χ0v) is 10.1. The average Bonchev–Trinajstić information content (AvgIpc) is 2.11. The highest BCUT2D eigenvalue weighted by molar-refractivity contribution is 5.75. The minimum Gasteiger partial charge on any atom is -0.297 e. The quantitative estimate of drug-likeness (QED) is 0.519. The molecule has 0 aliphatic rings. The molecule has 0 atom stereocenters. The van der Waals surface area contributed by atoms with Crippen LogP contribution in [0.1, 0.15) is 54.4 Å². The van der Waals surface area contributed by atoms with Gasteiger partial charge in [-0.1, -0.05) is 13.8 Å². The molecular formula is C11H22O3. The predicted octanol–water partition coefficient (Wildman–Crippen LogP) is 3.09. The minimum absolute atomic E-state index is 0.280. The van der Waals surface area contributed by atoms with Crippen molar-refractivity contribution in [2.75, 3.05) is 0 Å². The van der Waals surface area contributed by atoms with Gasteiger partial charge in [0, 0.05) is 0 Å². The molecule has 14 heavy (non-hydrogen) atoms. The van der Waals surface area contributed by atoms with E-state index >= 15 is 0 Å². The highest BCUT2D eigenvalue weighted by atomic mass is 17.2. The Morgan fingerprint density at radius 1 is 1.07 bits per heavy atom. The van der Waals surface area contributed by atoms with Gasteiger partial charge in [0.15, 0.2) is 0 Å². The van der Waals surface area contributed by atoms with Gasteiger partial charge in [-0.2, -0.15) is 4.89 Å². The SMILES string of the molecule is CCC(C)(CC)C(=O)OOC(C)(C)C. The van der Waals surface area contributed by atoms with Crippen molar-refractivity contribution in [3.05, 3.63) is 0 Å². The van der Waals surface area contributed by atoms with E-state index in [1.807, 2.05) is 41.5 Å². The van der Waals surface area contributed by atoms with Gasteiger partial charge in [0.05, 0.1) is 5.41 Å². The molecule has 0 aromatic heterocycles. The summed E-state index contributed by atoms with van der Waals surface area (Å²) in [5.74, 6) is -0.280. The Morgan fingerprint density at radius 3 is 1.79 bits per heavy atom. The van der Waals surface area contributed by atoms with Crippen molar-refractivity contribution < 1.29 is 14.6 Å². The molecule has 0 aromatic carbocycles. The maximum atomic E-state index is 11.6. The lowest BCUT2D eigenvalue weighted by atomic mass is 9.85. The molecule has 0 aliphatic heterocycles. The van der Waals surface area contributed by atoms with Crippen LogP contribution in [-0.2, 0) is 14.6 Å². The van der Waals surface area contributed by atoms with Crippen LogP contribution in [0.2, 0.25) is 0 Å². The van der Waals surface area contributed by atoms with Gasteiger partial charge >= 0.3 is 5.97 Å². The van der Waals surface area contributed by atoms with Crippen molar-refractivity contribution in [1.29, 1.82) is 0 Å². The lowest BCUT2D eigenvalue weighted by molar-refractivity contribution is -0.326. The molecule has 0 aromatic rings. The summed E-state index contributed by atoms with van der Waals surface area (Å²) in [6, 6.07) is 0. The fraction of sp³-hybridized carbons (Fsp3) is 0.909. The molecule has 0 N–H and O–H groups in total. The third-order valence-electron chi connectivity index (χ3n) is 2.42. The van der Waals surface area contributed by atoms with E-state index in [1.54, 1.807) is 0 Å². The summed E-state index contributed by atoms with van der Waals surface area (Å²) < 4.78 is 0. The van der Waals surface area contributed by atoms with Crippen LogP contribution in [0.25, 0.3) is 0 Å². The van der Waals surface area contributed by atoms with Crippen molar-refractivity contribution in [3.8, 4) is 0 Å². The Kier molecular flexibility index (Phi) is 4.59. The largest absolute Gasteiger partial charge is 0.348 e.